The quantitative estimate of drug-likeness (QED) is 0.752. The molecule has 0 aliphatic carbocycles. The SMILES string of the molecule is Cc1ccc(Cl)cc1Nc1cc(C(=O)O)c(N)cc1F. The van der Waals surface area contributed by atoms with Gasteiger partial charge in [0, 0.05) is 16.4 Å². The van der Waals surface area contributed by atoms with E-state index in [1.54, 1.807) is 18.2 Å². The fourth-order valence-electron chi connectivity index (χ4n) is 1.74. The summed E-state index contributed by atoms with van der Waals surface area (Å²) < 4.78 is 13.8. The molecule has 0 heterocycles. The maximum Gasteiger partial charge on any atom is 0.337 e. The summed E-state index contributed by atoms with van der Waals surface area (Å²) in [6, 6.07) is 7.26. The van der Waals surface area contributed by atoms with Crippen molar-refractivity contribution in [2.75, 3.05) is 11.1 Å². The van der Waals surface area contributed by atoms with Crippen molar-refractivity contribution in [3.8, 4) is 0 Å². The summed E-state index contributed by atoms with van der Waals surface area (Å²) >= 11 is 5.88. The second kappa shape index (κ2) is 5.38. The lowest BCUT2D eigenvalue weighted by Crippen LogP contribution is -2.05. The fourth-order valence-corrected chi connectivity index (χ4v) is 1.92. The standard InChI is InChI=1S/C14H12ClFN2O2/c1-7-2-3-8(15)4-12(7)18-13-5-9(14(19)20)11(17)6-10(13)16/h2-6,18H,17H2,1H3,(H,19,20). The molecule has 0 spiro atoms. The molecule has 2 rings (SSSR count). The number of aryl methyl sites for hydroxylation is 1. The van der Waals surface area contributed by atoms with Gasteiger partial charge in [0.05, 0.1) is 11.3 Å². The number of nitrogens with two attached hydrogens (primary N) is 1. The lowest BCUT2D eigenvalue weighted by Gasteiger charge is -2.12. The van der Waals surface area contributed by atoms with Gasteiger partial charge in [-0.15, -0.1) is 0 Å². The van der Waals surface area contributed by atoms with Gasteiger partial charge in [-0.1, -0.05) is 17.7 Å². The molecule has 2 aromatic rings. The van der Waals surface area contributed by atoms with Crippen molar-refractivity contribution in [1.29, 1.82) is 0 Å². The molecule has 0 aromatic heterocycles. The molecular weight excluding hydrogens is 283 g/mol. The molecule has 0 amide bonds. The monoisotopic (exact) mass is 294 g/mol. The van der Waals surface area contributed by atoms with Crippen LogP contribution in [0.5, 0.6) is 0 Å². The number of rotatable bonds is 3. The van der Waals surface area contributed by atoms with Crippen molar-refractivity contribution < 1.29 is 14.3 Å². The number of carboxylic acids is 1. The minimum absolute atomic E-state index is 0.0296. The first kappa shape index (κ1) is 14.1. The minimum atomic E-state index is -1.21. The highest BCUT2D eigenvalue weighted by atomic mass is 35.5. The maximum absolute atomic E-state index is 13.8. The number of benzene rings is 2. The molecule has 0 aliphatic rings. The van der Waals surface area contributed by atoms with Gasteiger partial charge >= 0.3 is 5.97 Å². The molecule has 0 saturated carbocycles. The number of aromatic carboxylic acids is 1. The van der Waals surface area contributed by atoms with E-state index in [0.717, 1.165) is 17.7 Å². The first-order valence-electron chi connectivity index (χ1n) is 5.74. The number of hydrogen-bond donors (Lipinski definition) is 3. The first-order chi connectivity index (χ1) is 9.38. The molecule has 4 N–H and O–H groups in total. The lowest BCUT2D eigenvalue weighted by atomic mass is 10.1. The van der Waals surface area contributed by atoms with Crippen LogP contribution in [-0.4, -0.2) is 11.1 Å². The Bertz CT molecular complexity index is 689. The third-order valence-electron chi connectivity index (χ3n) is 2.84. The zero-order valence-electron chi connectivity index (χ0n) is 10.6. The van der Waals surface area contributed by atoms with Gasteiger partial charge in [0.25, 0.3) is 0 Å². The average Bonchev–Trinajstić information content (AvgIpc) is 2.36. The van der Waals surface area contributed by atoms with Crippen LogP contribution in [0.1, 0.15) is 15.9 Å². The van der Waals surface area contributed by atoms with Crippen LogP contribution >= 0.6 is 11.6 Å². The molecule has 6 heteroatoms. The largest absolute Gasteiger partial charge is 0.478 e. The Morgan fingerprint density at radius 1 is 1.30 bits per heavy atom. The second-order valence-electron chi connectivity index (χ2n) is 4.31. The zero-order chi connectivity index (χ0) is 14.9. The van der Waals surface area contributed by atoms with Crippen LogP contribution in [0.3, 0.4) is 0 Å². The van der Waals surface area contributed by atoms with Crippen molar-refractivity contribution in [3.05, 3.63) is 52.3 Å². The molecule has 0 bridgehead atoms. The second-order valence-corrected chi connectivity index (χ2v) is 4.75. The number of nitrogen functional groups attached to an aromatic ring is 1. The molecule has 104 valence electrons. The smallest absolute Gasteiger partial charge is 0.337 e. The van der Waals surface area contributed by atoms with E-state index in [4.69, 9.17) is 22.4 Å². The Hall–Kier alpha value is -2.27. The van der Waals surface area contributed by atoms with Gasteiger partial charge in [0.15, 0.2) is 0 Å². The number of nitrogens with one attached hydrogen (secondary N) is 1. The van der Waals surface area contributed by atoms with Crippen LogP contribution in [0, 0.1) is 12.7 Å². The van der Waals surface area contributed by atoms with E-state index in [2.05, 4.69) is 5.32 Å². The van der Waals surface area contributed by atoms with Gasteiger partial charge in [-0.2, -0.15) is 0 Å². The fraction of sp³-hybridized carbons (Fsp3) is 0.0714. The normalized spacial score (nSPS) is 10.3. The molecule has 0 unspecified atom stereocenters. The first-order valence-corrected chi connectivity index (χ1v) is 6.12. The maximum atomic E-state index is 13.8. The summed E-state index contributed by atoms with van der Waals surface area (Å²) in [5, 5.41) is 12.3. The van der Waals surface area contributed by atoms with Crippen LogP contribution in [0.2, 0.25) is 5.02 Å². The minimum Gasteiger partial charge on any atom is -0.478 e. The van der Waals surface area contributed by atoms with Gasteiger partial charge in [-0.25, -0.2) is 9.18 Å². The van der Waals surface area contributed by atoms with Gasteiger partial charge in [-0.3, -0.25) is 0 Å². The molecular formula is C14H12ClFN2O2. The average molecular weight is 295 g/mol. The molecule has 20 heavy (non-hydrogen) atoms. The van der Waals surface area contributed by atoms with Crippen molar-refractivity contribution >= 4 is 34.6 Å². The summed E-state index contributed by atoms with van der Waals surface area (Å²) in [6.07, 6.45) is 0. The van der Waals surface area contributed by atoms with E-state index in [1.165, 1.54) is 0 Å². The van der Waals surface area contributed by atoms with Crippen LogP contribution < -0.4 is 11.1 Å². The Kier molecular flexibility index (Phi) is 3.81. The van der Waals surface area contributed by atoms with Crippen molar-refractivity contribution in [2.45, 2.75) is 6.92 Å². The van der Waals surface area contributed by atoms with E-state index in [1.807, 2.05) is 6.92 Å². The predicted molar refractivity (Wildman–Crippen MR) is 77.2 cm³/mol. The van der Waals surface area contributed by atoms with Crippen molar-refractivity contribution in [1.82, 2.24) is 0 Å². The van der Waals surface area contributed by atoms with Gasteiger partial charge in [0.2, 0.25) is 0 Å². The number of anilines is 3. The number of carboxylic acid groups (broad SMARTS) is 1. The van der Waals surface area contributed by atoms with E-state index in [-0.39, 0.29) is 16.9 Å². The van der Waals surface area contributed by atoms with E-state index in [9.17, 15) is 9.18 Å². The summed E-state index contributed by atoms with van der Waals surface area (Å²) in [5.41, 5.74) is 6.66. The molecule has 0 aliphatic heterocycles. The number of halogens is 2. The van der Waals surface area contributed by atoms with Gasteiger partial charge < -0.3 is 16.2 Å². The van der Waals surface area contributed by atoms with Crippen molar-refractivity contribution in [3.63, 3.8) is 0 Å². The molecule has 0 atom stereocenters. The predicted octanol–water partition coefficient (Wildman–Crippen LogP) is 3.81. The Morgan fingerprint density at radius 2 is 2.00 bits per heavy atom. The summed E-state index contributed by atoms with van der Waals surface area (Å²) in [6.45, 7) is 1.83. The molecule has 2 aromatic carbocycles. The number of hydrogen-bond acceptors (Lipinski definition) is 3. The summed E-state index contributed by atoms with van der Waals surface area (Å²) in [7, 11) is 0. The highest BCUT2D eigenvalue weighted by molar-refractivity contribution is 6.30. The van der Waals surface area contributed by atoms with Crippen molar-refractivity contribution in [2.24, 2.45) is 0 Å². The number of carbonyl (C=O) groups is 1. The highest BCUT2D eigenvalue weighted by Crippen LogP contribution is 2.28. The van der Waals surface area contributed by atoms with Crippen LogP contribution in [0.25, 0.3) is 0 Å². The van der Waals surface area contributed by atoms with Crippen LogP contribution in [-0.2, 0) is 0 Å². The Morgan fingerprint density at radius 3 is 2.65 bits per heavy atom. The van der Waals surface area contributed by atoms with E-state index < -0.39 is 11.8 Å². The molecule has 0 saturated heterocycles. The molecule has 0 fully saturated rings. The summed E-state index contributed by atoms with van der Waals surface area (Å²) in [5.74, 6) is -1.85. The lowest BCUT2D eigenvalue weighted by molar-refractivity contribution is 0.0698. The Labute approximate surface area is 120 Å². The summed E-state index contributed by atoms with van der Waals surface area (Å²) in [4.78, 5) is 11.0. The van der Waals surface area contributed by atoms with E-state index in [0.29, 0.717) is 10.7 Å². The third-order valence-corrected chi connectivity index (χ3v) is 3.07. The third kappa shape index (κ3) is 2.83. The topological polar surface area (TPSA) is 75.3 Å². The van der Waals surface area contributed by atoms with Gasteiger partial charge in [-0.05, 0) is 36.8 Å². The molecule has 0 radical (unpaired) electrons. The Balaban J connectivity index is 2.45. The highest BCUT2D eigenvalue weighted by Gasteiger charge is 2.14. The van der Waals surface area contributed by atoms with Gasteiger partial charge in [0.1, 0.15) is 5.82 Å². The van der Waals surface area contributed by atoms with E-state index >= 15 is 0 Å². The van der Waals surface area contributed by atoms with Crippen LogP contribution in [0.15, 0.2) is 30.3 Å². The van der Waals surface area contributed by atoms with Crippen LogP contribution in [0.4, 0.5) is 21.5 Å². The molecule has 4 nitrogen and oxygen atoms in total. The zero-order valence-corrected chi connectivity index (χ0v) is 11.3.